The maximum absolute atomic E-state index is 9.89. The average Bonchev–Trinajstić information content (AvgIpc) is 1.67. The molecule has 0 fully saturated rings. The zero-order chi connectivity index (χ0) is 27.2. The number of rotatable bonds is 0. The van der Waals surface area contributed by atoms with Crippen LogP contribution in [0, 0.1) is 0 Å². The van der Waals surface area contributed by atoms with Gasteiger partial charge in [0, 0.05) is 0 Å². The Bertz CT molecular complexity index is 302. The number of hydrogen-bond donors (Lipinski definition) is 0. The molecule has 0 amide bonds. The van der Waals surface area contributed by atoms with Crippen molar-refractivity contribution in [3.05, 3.63) is 0 Å². The number of halogens is 30. The first-order chi connectivity index (χ1) is 11.2. The molecule has 0 aromatic carbocycles. The van der Waals surface area contributed by atoms with Crippen LogP contribution in [0.15, 0.2) is 0 Å². The normalized spacial score (nSPS) is 19.2. The van der Waals surface area contributed by atoms with E-state index in [4.69, 9.17) is 0 Å². The molecule has 0 atom stereocenters. The van der Waals surface area contributed by atoms with E-state index in [1.54, 1.807) is 0 Å². The quantitative estimate of drug-likeness (QED) is 0.168. The van der Waals surface area contributed by atoms with Crippen LogP contribution in [-0.2, 0) is 0 Å². The summed E-state index contributed by atoms with van der Waals surface area (Å²) in [5, 5.41) is 0. The van der Waals surface area contributed by atoms with Crippen LogP contribution < -0.4 is 0 Å². The summed E-state index contributed by atoms with van der Waals surface area (Å²) in [6, 6.07) is 0. The Hall–Kier alpha value is 1.90. The van der Waals surface area contributed by atoms with E-state index >= 15 is 0 Å². The zero-order valence-corrected chi connectivity index (χ0v) is 22.1. The molecule has 0 aliphatic heterocycles. The van der Waals surface area contributed by atoms with Gasteiger partial charge in [0.25, 0.3) is 0 Å². The molecule has 210 valence electrons. The van der Waals surface area contributed by atoms with Crippen molar-refractivity contribution < 1.29 is 71.5 Å². The molecule has 0 aliphatic carbocycles. The zero-order valence-electron chi connectivity index (χ0n) is 11.3. The second kappa shape index (κ2) is 10.3. The molecule has 30 heteroatoms. The predicted molar refractivity (Wildman–Crippen MR) is 97.8 cm³/mol. The molecule has 0 aliphatic rings. The van der Waals surface area contributed by atoms with Gasteiger partial charge in [0.05, 0.1) is 0 Å². The van der Waals surface area contributed by atoms with E-state index in [1.807, 2.05) is 0 Å². The van der Waals surface area contributed by atoms with Gasteiger partial charge in [-0.3, -0.25) is 0 Å². The molecule has 0 bridgehead atoms. The second-order valence-electron chi connectivity index (χ2n) is 2.70. The monoisotopic (exact) mass is 1110 g/mol. The average molecular weight is 1110 g/mol. The summed E-state index contributed by atoms with van der Waals surface area (Å²) >= 11 is -45.2. The van der Waals surface area contributed by atoms with Crippen molar-refractivity contribution in [2.75, 3.05) is 0 Å². The molecule has 0 N–H and O–H groups in total. The van der Waals surface area contributed by atoms with Gasteiger partial charge in [-0.15, -0.1) is 0 Å². The Morgan fingerprint density at radius 2 is 0.133 bits per heavy atom. The van der Waals surface area contributed by atoms with Gasteiger partial charge in [-0.1, -0.05) is 0 Å². The van der Waals surface area contributed by atoms with Crippen molar-refractivity contribution in [2.45, 2.75) is 0 Å². The van der Waals surface area contributed by atoms with E-state index in [9.17, 15) is 71.5 Å². The fourth-order valence-corrected chi connectivity index (χ4v) is 0. The van der Waals surface area contributed by atoms with Gasteiger partial charge in [0.15, 0.2) is 0 Å². The van der Waals surface area contributed by atoms with E-state index in [0.717, 1.165) is 0 Å². The third-order valence-corrected chi connectivity index (χ3v) is 0. The summed E-state index contributed by atoms with van der Waals surface area (Å²) in [5.74, 6) is 0. The summed E-state index contributed by atoms with van der Waals surface area (Å²) in [7, 11) is 0. The molecule has 0 saturated heterocycles. The van der Waals surface area contributed by atoms with Crippen LogP contribution in [0.1, 0.15) is 0 Å². The van der Waals surface area contributed by atoms with E-state index in [2.05, 4.69) is 0 Å². The van der Waals surface area contributed by atoms with Crippen molar-refractivity contribution >= 4 is 99.6 Å². The first kappa shape index (κ1) is 42.1. The van der Waals surface area contributed by atoms with Crippen LogP contribution in [0.3, 0.4) is 0 Å². The van der Waals surface area contributed by atoms with E-state index in [-0.39, 0.29) is 0 Å². The van der Waals surface area contributed by atoms with Gasteiger partial charge in [0.1, 0.15) is 0 Å². The summed E-state index contributed by atoms with van der Waals surface area (Å²) in [4.78, 5) is 0. The second-order valence-corrected chi connectivity index (χ2v) is 18.1. The summed E-state index contributed by atoms with van der Waals surface area (Å²) < 4.78 is 247. The SMILES string of the molecule is FI(F)(F)(F)F.FI(F)(F)(F)F.FI(F)(F)(F)F.FI(F)(F)(F)F.FI(F)(F)(F)F. The van der Waals surface area contributed by atoms with Gasteiger partial charge in [0.2, 0.25) is 0 Å². The first-order valence-electron chi connectivity index (χ1n) is 3.57. The fraction of sp³-hybridized carbons (Fsp3) is 0. The minimum atomic E-state index is -9.05. The molecule has 0 aromatic rings. The molecule has 0 unspecified atom stereocenters. The van der Waals surface area contributed by atoms with Crippen molar-refractivity contribution in [1.29, 1.82) is 0 Å². The van der Waals surface area contributed by atoms with Gasteiger partial charge in [-0.25, -0.2) is 0 Å². The Labute approximate surface area is 169 Å². The summed E-state index contributed by atoms with van der Waals surface area (Å²) in [5.41, 5.74) is 0. The third-order valence-electron chi connectivity index (χ3n) is 0. The van der Waals surface area contributed by atoms with Crippen molar-refractivity contribution in [3.63, 3.8) is 0 Å². The van der Waals surface area contributed by atoms with Crippen LogP contribution in [-0.4, -0.2) is 0 Å². The Kier molecular flexibility index (Phi) is 14.4. The Morgan fingerprint density at radius 1 is 0.133 bits per heavy atom. The minimum absolute atomic E-state index is 9.05. The van der Waals surface area contributed by atoms with Crippen LogP contribution in [0.2, 0.25) is 0 Å². The first-order valence-corrected chi connectivity index (χ1v) is 24.0. The molecule has 0 rings (SSSR count). The van der Waals surface area contributed by atoms with Gasteiger partial charge < -0.3 is 0 Å². The van der Waals surface area contributed by atoms with Crippen LogP contribution in [0.25, 0.3) is 0 Å². The van der Waals surface area contributed by atoms with E-state index in [1.165, 1.54) is 0 Å². The van der Waals surface area contributed by atoms with Gasteiger partial charge >= 0.3 is 171 Å². The van der Waals surface area contributed by atoms with Crippen molar-refractivity contribution in [3.8, 4) is 0 Å². The summed E-state index contributed by atoms with van der Waals surface area (Å²) in [6.45, 7) is 0. The van der Waals surface area contributed by atoms with Crippen LogP contribution in [0.5, 0.6) is 0 Å². The molecule has 0 aromatic heterocycles. The van der Waals surface area contributed by atoms with Crippen LogP contribution >= 0.6 is 99.6 Å². The molecule has 0 saturated carbocycles. The molecule has 30 heavy (non-hydrogen) atoms. The molecule has 0 radical (unpaired) electrons. The Balaban J connectivity index is -0.0000000868. The molecular formula is F25I5. The van der Waals surface area contributed by atoms with Crippen LogP contribution in [0.4, 0.5) is 71.5 Å². The molecule has 0 nitrogen and oxygen atoms in total. The van der Waals surface area contributed by atoms with E-state index in [0.29, 0.717) is 0 Å². The maximum atomic E-state index is 9.89. The predicted octanol–water partition coefficient (Wildman–Crippen LogP) is 14.9. The number of hydrogen-bond acceptors (Lipinski definition) is 0. The third kappa shape index (κ3) is 6920. The summed E-state index contributed by atoms with van der Waals surface area (Å²) in [6.07, 6.45) is 0. The molecular weight excluding hydrogens is 1110 g/mol. The Morgan fingerprint density at radius 3 is 0.133 bits per heavy atom. The molecule has 0 heterocycles. The fourth-order valence-electron chi connectivity index (χ4n) is 0. The van der Waals surface area contributed by atoms with Gasteiger partial charge in [-0.2, -0.15) is 0 Å². The van der Waals surface area contributed by atoms with E-state index < -0.39 is 99.6 Å². The van der Waals surface area contributed by atoms with Gasteiger partial charge in [-0.05, 0) is 0 Å². The topological polar surface area (TPSA) is 0 Å². The standard InChI is InChI=1S/5F5I/c5*1-6(2,3,4)5. The molecule has 0 spiro atoms. The van der Waals surface area contributed by atoms with Crippen molar-refractivity contribution in [1.82, 2.24) is 0 Å². The van der Waals surface area contributed by atoms with Crippen molar-refractivity contribution in [2.24, 2.45) is 0 Å².